The maximum Gasteiger partial charge on any atom is 0.252 e. The summed E-state index contributed by atoms with van der Waals surface area (Å²) in [5, 5.41) is 9.31. The number of pyridine rings is 2. The number of rotatable bonds is 3. The molecule has 124 valence electrons. The van der Waals surface area contributed by atoms with Crippen molar-refractivity contribution in [2.75, 3.05) is 0 Å². The highest BCUT2D eigenvalue weighted by Crippen LogP contribution is 2.50. The molecule has 1 unspecified atom stereocenters. The largest absolute Gasteiger partial charge is 0.286 e. The number of alkyl halides is 2. The van der Waals surface area contributed by atoms with Gasteiger partial charge in [-0.1, -0.05) is 12.1 Å². The average molecular weight is 336 g/mol. The van der Waals surface area contributed by atoms with Gasteiger partial charge in [0.2, 0.25) is 0 Å². The molecule has 0 bridgehead atoms. The Hall–Kier alpha value is -2.89. The van der Waals surface area contributed by atoms with Crippen LogP contribution in [0, 0.1) is 5.92 Å². The lowest BCUT2D eigenvalue weighted by Gasteiger charge is -2.05. The number of fused-ring (bicyclic) bond motifs is 2. The minimum absolute atomic E-state index is 0.0505. The molecule has 0 saturated heterocycles. The van der Waals surface area contributed by atoms with E-state index in [0.717, 1.165) is 22.0 Å². The van der Waals surface area contributed by atoms with Crippen LogP contribution in [0.25, 0.3) is 27.7 Å². The summed E-state index contributed by atoms with van der Waals surface area (Å²) in [4.78, 5) is 4.33. The molecular formula is C19H14F2N4. The molecule has 4 aromatic rings. The van der Waals surface area contributed by atoms with Crippen LogP contribution >= 0.6 is 0 Å². The molecule has 5 rings (SSSR count). The van der Waals surface area contributed by atoms with E-state index in [9.17, 15) is 8.78 Å². The Balaban J connectivity index is 1.51. The Morgan fingerprint density at radius 1 is 1.08 bits per heavy atom. The maximum atomic E-state index is 13.1. The van der Waals surface area contributed by atoms with Crippen molar-refractivity contribution in [2.24, 2.45) is 5.92 Å². The summed E-state index contributed by atoms with van der Waals surface area (Å²) < 4.78 is 28.1. The third-order valence-corrected chi connectivity index (χ3v) is 4.80. The van der Waals surface area contributed by atoms with E-state index >= 15 is 0 Å². The van der Waals surface area contributed by atoms with E-state index in [-0.39, 0.29) is 12.8 Å². The highest BCUT2D eigenvalue weighted by Gasteiger charge is 2.56. The van der Waals surface area contributed by atoms with Crippen LogP contribution in [0.3, 0.4) is 0 Å². The van der Waals surface area contributed by atoms with Crippen molar-refractivity contribution in [2.45, 2.75) is 18.8 Å². The molecule has 0 spiro atoms. The van der Waals surface area contributed by atoms with Crippen LogP contribution in [-0.2, 0) is 6.42 Å². The van der Waals surface area contributed by atoms with Crippen LogP contribution in [0.15, 0.2) is 54.9 Å². The number of hydrogen-bond donors (Lipinski definition) is 0. The van der Waals surface area contributed by atoms with Crippen molar-refractivity contribution in [1.82, 2.24) is 19.6 Å². The molecular weight excluding hydrogens is 322 g/mol. The quantitative estimate of drug-likeness (QED) is 0.565. The molecule has 4 nitrogen and oxygen atoms in total. The van der Waals surface area contributed by atoms with Crippen molar-refractivity contribution in [1.29, 1.82) is 0 Å². The molecule has 0 amide bonds. The van der Waals surface area contributed by atoms with Crippen molar-refractivity contribution < 1.29 is 8.78 Å². The van der Waals surface area contributed by atoms with Crippen LogP contribution in [-0.4, -0.2) is 25.5 Å². The predicted molar refractivity (Wildman–Crippen MR) is 90.5 cm³/mol. The van der Waals surface area contributed by atoms with E-state index in [0.29, 0.717) is 11.5 Å². The highest BCUT2D eigenvalue weighted by molar-refractivity contribution is 5.84. The summed E-state index contributed by atoms with van der Waals surface area (Å²) in [7, 11) is 0. The third kappa shape index (κ3) is 2.45. The summed E-state index contributed by atoms with van der Waals surface area (Å²) >= 11 is 0. The van der Waals surface area contributed by atoms with Gasteiger partial charge in [0, 0.05) is 36.5 Å². The summed E-state index contributed by atoms with van der Waals surface area (Å²) in [5.41, 5.74) is 3.68. The van der Waals surface area contributed by atoms with E-state index < -0.39 is 11.8 Å². The second-order valence-corrected chi connectivity index (χ2v) is 6.54. The third-order valence-electron chi connectivity index (χ3n) is 4.80. The van der Waals surface area contributed by atoms with Crippen LogP contribution < -0.4 is 0 Å². The number of aromatic nitrogens is 4. The van der Waals surface area contributed by atoms with Gasteiger partial charge in [-0.2, -0.15) is 0 Å². The fourth-order valence-electron chi connectivity index (χ4n) is 3.23. The van der Waals surface area contributed by atoms with Crippen LogP contribution in [0.5, 0.6) is 0 Å². The Morgan fingerprint density at radius 3 is 2.76 bits per heavy atom. The molecule has 3 aromatic heterocycles. The normalized spacial score (nSPS) is 18.7. The van der Waals surface area contributed by atoms with Gasteiger partial charge in [-0.05, 0) is 41.5 Å². The molecule has 1 saturated carbocycles. The number of hydrogen-bond acceptors (Lipinski definition) is 3. The van der Waals surface area contributed by atoms with Gasteiger partial charge in [-0.3, -0.25) is 9.38 Å². The van der Waals surface area contributed by atoms with E-state index in [1.165, 1.54) is 0 Å². The monoisotopic (exact) mass is 336 g/mol. The number of benzene rings is 1. The second kappa shape index (κ2) is 5.05. The van der Waals surface area contributed by atoms with Gasteiger partial charge >= 0.3 is 0 Å². The lowest BCUT2D eigenvalue weighted by atomic mass is 10.0. The van der Waals surface area contributed by atoms with Crippen LogP contribution in [0.1, 0.15) is 12.2 Å². The molecule has 0 N–H and O–H groups in total. The van der Waals surface area contributed by atoms with Gasteiger partial charge < -0.3 is 0 Å². The zero-order valence-electron chi connectivity index (χ0n) is 13.2. The fraction of sp³-hybridized carbons (Fsp3) is 0.211. The van der Waals surface area contributed by atoms with Gasteiger partial charge in [-0.25, -0.2) is 8.78 Å². The molecule has 0 aliphatic heterocycles. The fourth-order valence-corrected chi connectivity index (χ4v) is 3.23. The standard InChI is InChI=1S/C19H14F2N4/c20-19(21)11-15(19)10-18-24-23-17-9-13(5-7-25(17)18)12-3-4-16-14(8-12)2-1-6-22-16/h1-9,15H,10-11H2. The van der Waals surface area contributed by atoms with Crippen LogP contribution in [0.4, 0.5) is 8.78 Å². The van der Waals surface area contributed by atoms with Gasteiger partial charge in [0.25, 0.3) is 5.92 Å². The Bertz CT molecular complexity index is 1100. The minimum Gasteiger partial charge on any atom is -0.286 e. The Kier molecular flexibility index (Phi) is 2.92. The number of halogens is 2. The zero-order valence-corrected chi connectivity index (χ0v) is 13.2. The van der Waals surface area contributed by atoms with Crippen LogP contribution in [0.2, 0.25) is 0 Å². The summed E-state index contributed by atoms with van der Waals surface area (Å²) in [6, 6.07) is 13.9. The van der Waals surface area contributed by atoms with E-state index in [1.54, 1.807) is 10.6 Å². The predicted octanol–water partition coefficient (Wildman–Crippen LogP) is 4.14. The van der Waals surface area contributed by atoms with Gasteiger partial charge in [-0.15, -0.1) is 10.2 Å². The summed E-state index contributed by atoms with van der Waals surface area (Å²) in [6.07, 6.45) is 3.84. The van der Waals surface area contributed by atoms with E-state index in [1.807, 2.05) is 42.6 Å². The molecule has 1 fully saturated rings. The lowest BCUT2D eigenvalue weighted by Crippen LogP contribution is -2.01. The molecule has 25 heavy (non-hydrogen) atoms. The minimum atomic E-state index is -2.54. The molecule has 1 aliphatic carbocycles. The first-order valence-corrected chi connectivity index (χ1v) is 8.17. The average Bonchev–Trinajstić information content (AvgIpc) is 3.04. The first-order chi connectivity index (χ1) is 12.1. The summed E-state index contributed by atoms with van der Waals surface area (Å²) in [6.45, 7) is 0. The molecule has 1 aliphatic rings. The zero-order chi connectivity index (χ0) is 17.0. The van der Waals surface area contributed by atoms with Crippen molar-refractivity contribution in [3.8, 4) is 11.1 Å². The molecule has 3 heterocycles. The second-order valence-electron chi connectivity index (χ2n) is 6.54. The van der Waals surface area contributed by atoms with E-state index in [4.69, 9.17) is 0 Å². The van der Waals surface area contributed by atoms with Gasteiger partial charge in [0.15, 0.2) is 5.65 Å². The SMILES string of the molecule is FC1(F)CC1Cc1nnc2cc(-c3ccc4ncccc4c3)ccn12. The molecule has 6 heteroatoms. The lowest BCUT2D eigenvalue weighted by molar-refractivity contribution is 0.0984. The van der Waals surface area contributed by atoms with Crippen molar-refractivity contribution in [3.05, 3.63) is 60.7 Å². The first-order valence-electron chi connectivity index (χ1n) is 8.17. The van der Waals surface area contributed by atoms with Crippen molar-refractivity contribution in [3.63, 3.8) is 0 Å². The number of nitrogens with zero attached hydrogens (tertiary/aromatic N) is 4. The maximum absolute atomic E-state index is 13.1. The first kappa shape index (κ1) is 14.5. The molecule has 1 aromatic carbocycles. The molecule has 1 atom stereocenters. The molecule has 0 radical (unpaired) electrons. The Morgan fingerprint density at radius 2 is 1.92 bits per heavy atom. The smallest absolute Gasteiger partial charge is 0.252 e. The summed E-state index contributed by atoms with van der Waals surface area (Å²) in [5.74, 6) is -2.55. The topological polar surface area (TPSA) is 43.1 Å². The van der Waals surface area contributed by atoms with Crippen molar-refractivity contribution >= 4 is 16.6 Å². The highest BCUT2D eigenvalue weighted by atomic mass is 19.3. The van der Waals surface area contributed by atoms with E-state index in [2.05, 4.69) is 21.2 Å². The van der Waals surface area contributed by atoms with Gasteiger partial charge in [0.1, 0.15) is 5.82 Å². The Labute approximate surface area is 142 Å². The van der Waals surface area contributed by atoms with Gasteiger partial charge in [0.05, 0.1) is 5.52 Å².